The smallest absolute Gasteiger partial charge is 0.172 e. The van der Waals surface area contributed by atoms with E-state index in [1.54, 1.807) is 14.2 Å². The topological polar surface area (TPSA) is 55.4 Å². The van der Waals surface area contributed by atoms with Gasteiger partial charge in [-0.2, -0.15) is 0 Å². The Balaban J connectivity index is 1.83. The first-order valence-electron chi connectivity index (χ1n) is 8.82. The molecule has 1 saturated carbocycles. The molecule has 0 unspecified atom stereocenters. The molecule has 5 nitrogen and oxygen atoms in total. The van der Waals surface area contributed by atoms with Gasteiger partial charge >= 0.3 is 0 Å². The van der Waals surface area contributed by atoms with Crippen LogP contribution in [0.3, 0.4) is 0 Å². The molecule has 0 bridgehead atoms. The summed E-state index contributed by atoms with van der Waals surface area (Å²) >= 11 is 5.58. The molecule has 1 heterocycles. The number of rotatable bonds is 5. The van der Waals surface area contributed by atoms with E-state index < -0.39 is 0 Å². The Bertz CT molecular complexity index is 788. The van der Waals surface area contributed by atoms with Crippen LogP contribution in [0.5, 0.6) is 11.5 Å². The number of thiocarbonyl (C=S) groups is 1. The highest BCUT2D eigenvalue weighted by Crippen LogP contribution is 2.41. The predicted molar refractivity (Wildman–Crippen MR) is 108 cm³/mol. The Morgan fingerprint density at radius 3 is 2.46 bits per heavy atom. The molecule has 0 spiro atoms. The zero-order chi connectivity index (χ0) is 18.6. The van der Waals surface area contributed by atoms with E-state index in [4.69, 9.17) is 21.7 Å². The van der Waals surface area contributed by atoms with Gasteiger partial charge in [0, 0.05) is 5.69 Å². The van der Waals surface area contributed by atoms with Gasteiger partial charge in [-0.05, 0) is 61.8 Å². The van der Waals surface area contributed by atoms with Gasteiger partial charge in [0.05, 0.1) is 19.8 Å². The lowest BCUT2D eigenvalue weighted by Crippen LogP contribution is -2.45. The third-order valence-corrected chi connectivity index (χ3v) is 5.08. The molecule has 2 N–H and O–H groups in total. The summed E-state index contributed by atoms with van der Waals surface area (Å²) in [4.78, 5) is 4.46. The van der Waals surface area contributed by atoms with E-state index in [0.717, 1.165) is 54.3 Å². The maximum absolute atomic E-state index is 5.58. The van der Waals surface area contributed by atoms with E-state index in [1.807, 2.05) is 37.3 Å². The van der Waals surface area contributed by atoms with E-state index >= 15 is 0 Å². The van der Waals surface area contributed by atoms with Crippen LogP contribution in [0.15, 0.2) is 36.4 Å². The maximum atomic E-state index is 5.58. The largest absolute Gasteiger partial charge is 0.493 e. The molecule has 0 aliphatic heterocycles. The third kappa shape index (κ3) is 3.90. The average Bonchev–Trinajstić information content (AvgIpc) is 3.10. The van der Waals surface area contributed by atoms with Crippen molar-refractivity contribution in [3.8, 4) is 11.5 Å². The molecule has 0 saturated heterocycles. The summed E-state index contributed by atoms with van der Waals surface area (Å²) < 4.78 is 10.9. The maximum Gasteiger partial charge on any atom is 0.172 e. The van der Waals surface area contributed by atoms with Gasteiger partial charge in [0.15, 0.2) is 16.6 Å². The number of ether oxygens (including phenoxy) is 2. The molecule has 1 aliphatic rings. The van der Waals surface area contributed by atoms with Crippen molar-refractivity contribution in [1.82, 2.24) is 10.3 Å². The molecule has 3 rings (SSSR count). The van der Waals surface area contributed by atoms with Crippen molar-refractivity contribution in [2.75, 3.05) is 19.5 Å². The van der Waals surface area contributed by atoms with Gasteiger partial charge in [-0.1, -0.05) is 25.0 Å². The van der Waals surface area contributed by atoms with E-state index in [-0.39, 0.29) is 5.54 Å². The lowest BCUT2D eigenvalue weighted by atomic mass is 9.88. The molecular weight excluding hydrogens is 346 g/mol. The van der Waals surface area contributed by atoms with Crippen molar-refractivity contribution in [3.63, 3.8) is 0 Å². The number of nitrogens with zero attached hydrogens (tertiary/aromatic N) is 1. The quantitative estimate of drug-likeness (QED) is 0.770. The van der Waals surface area contributed by atoms with E-state index in [9.17, 15) is 0 Å². The van der Waals surface area contributed by atoms with Crippen molar-refractivity contribution in [2.24, 2.45) is 0 Å². The zero-order valence-corrected chi connectivity index (χ0v) is 16.3. The Kier molecular flexibility index (Phi) is 5.61. The summed E-state index contributed by atoms with van der Waals surface area (Å²) in [5.74, 6) is 2.22. The minimum absolute atomic E-state index is 0.201. The number of pyridine rings is 1. The molecule has 1 fully saturated rings. The van der Waals surface area contributed by atoms with Crippen molar-refractivity contribution in [1.29, 1.82) is 0 Å². The SMILES string of the molecule is COc1ccc(C2(NC(=S)Nc3cccc(C)n3)CCCC2)cc1OC. The molecule has 0 amide bonds. The standard InChI is InChI=1S/C20H25N3O2S/c1-14-7-6-8-18(21-14)22-19(26)23-20(11-4-5-12-20)15-9-10-16(24-2)17(13-15)25-3/h6-10,13H,4-5,11-12H2,1-3H3,(H2,21,22,23,26). The van der Waals surface area contributed by atoms with Crippen LogP contribution in [0.4, 0.5) is 5.82 Å². The van der Waals surface area contributed by atoms with Gasteiger partial charge in [0.25, 0.3) is 0 Å². The first-order chi connectivity index (χ1) is 12.6. The van der Waals surface area contributed by atoms with Gasteiger partial charge in [-0.25, -0.2) is 4.98 Å². The van der Waals surface area contributed by atoms with Crippen LogP contribution in [0, 0.1) is 6.92 Å². The number of benzene rings is 1. The van der Waals surface area contributed by atoms with Gasteiger partial charge in [0.1, 0.15) is 5.82 Å². The van der Waals surface area contributed by atoms with Crippen molar-refractivity contribution in [2.45, 2.75) is 38.1 Å². The number of hydrogen-bond acceptors (Lipinski definition) is 4. The molecule has 138 valence electrons. The number of anilines is 1. The second-order valence-electron chi connectivity index (χ2n) is 6.60. The van der Waals surface area contributed by atoms with Crippen molar-refractivity contribution < 1.29 is 9.47 Å². The Labute approximate surface area is 160 Å². The van der Waals surface area contributed by atoms with Gasteiger partial charge in [0.2, 0.25) is 0 Å². The Morgan fingerprint density at radius 2 is 1.81 bits per heavy atom. The number of nitrogens with one attached hydrogen (secondary N) is 2. The van der Waals surface area contributed by atoms with Crippen molar-refractivity contribution in [3.05, 3.63) is 47.7 Å². The van der Waals surface area contributed by atoms with Crippen LogP contribution in [-0.4, -0.2) is 24.3 Å². The monoisotopic (exact) mass is 371 g/mol. The Hall–Kier alpha value is -2.34. The van der Waals surface area contributed by atoms with Crippen LogP contribution in [-0.2, 0) is 5.54 Å². The molecule has 2 aromatic rings. The first-order valence-corrected chi connectivity index (χ1v) is 9.22. The highest BCUT2D eigenvalue weighted by molar-refractivity contribution is 7.80. The van der Waals surface area contributed by atoms with Crippen LogP contribution in [0.2, 0.25) is 0 Å². The van der Waals surface area contributed by atoms with Crippen LogP contribution in [0.25, 0.3) is 0 Å². The normalized spacial score (nSPS) is 15.3. The molecule has 6 heteroatoms. The minimum Gasteiger partial charge on any atom is -0.493 e. The molecule has 1 aromatic carbocycles. The molecule has 26 heavy (non-hydrogen) atoms. The Morgan fingerprint density at radius 1 is 1.08 bits per heavy atom. The summed E-state index contributed by atoms with van der Waals surface area (Å²) in [6.45, 7) is 1.96. The van der Waals surface area contributed by atoms with E-state index in [1.165, 1.54) is 0 Å². The minimum atomic E-state index is -0.201. The number of methoxy groups -OCH3 is 2. The summed E-state index contributed by atoms with van der Waals surface area (Å²) in [5, 5.41) is 7.34. The summed E-state index contributed by atoms with van der Waals surface area (Å²) in [5.41, 5.74) is 1.91. The number of hydrogen-bond donors (Lipinski definition) is 2. The summed E-state index contributed by atoms with van der Waals surface area (Å²) in [6, 6.07) is 11.9. The van der Waals surface area contributed by atoms with Crippen LogP contribution >= 0.6 is 12.2 Å². The molecule has 1 aromatic heterocycles. The molecule has 0 radical (unpaired) electrons. The molecule has 1 aliphatic carbocycles. The fraction of sp³-hybridized carbons (Fsp3) is 0.400. The third-order valence-electron chi connectivity index (χ3n) is 4.88. The van der Waals surface area contributed by atoms with E-state index in [2.05, 4.69) is 21.7 Å². The van der Waals surface area contributed by atoms with Crippen molar-refractivity contribution >= 4 is 23.1 Å². The lowest BCUT2D eigenvalue weighted by molar-refractivity contribution is 0.350. The second kappa shape index (κ2) is 7.91. The molecule has 0 atom stereocenters. The van der Waals surface area contributed by atoms with Crippen LogP contribution in [0.1, 0.15) is 36.9 Å². The van der Waals surface area contributed by atoms with Gasteiger partial charge in [-0.3, -0.25) is 0 Å². The molecular formula is C20H25N3O2S. The highest BCUT2D eigenvalue weighted by Gasteiger charge is 2.37. The fourth-order valence-corrected chi connectivity index (χ4v) is 3.88. The fourth-order valence-electron chi connectivity index (χ4n) is 3.58. The average molecular weight is 372 g/mol. The van der Waals surface area contributed by atoms with Gasteiger partial charge < -0.3 is 20.1 Å². The summed E-state index contributed by atoms with van der Waals surface area (Å²) in [6.07, 6.45) is 4.36. The van der Waals surface area contributed by atoms with Crippen LogP contribution < -0.4 is 20.1 Å². The zero-order valence-electron chi connectivity index (χ0n) is 15.5. The number of aryl methyl sites for hydroxylation is 1. The lowest BCUT2D eigenvalue weighted by Gasteiger charge is -2.33. The van der Waals surface area contributed by atoms with Gasteiger partial charge in [-0.15, -0.1) is 0 Å². The second-order valence-corrected chi connectivity index (χ2v) is 7.01. The summed E-state index contributed by atoms with van der Waals surface area (Å²) in [7, 11) is 3.31. The highest BCUT2D eigenvalue weighted by atomic mass is 32.1. The number of aromatic nitrogens is 1. The first kappa shape index (κ1) is 18.5. The predicted octanol–water partition coefficient (Wildman–Crippen LogP) is 4.16. The van der Waals surface area contributed by atoms with E-state index in [0.29, 0.717) is 5.11 Å².